The molecule has 0 fully saturated rings. The highest BCUT2D eigenvalue weighted by Crippen LogP contribution is 2.35. The van der Waals surface area contributed by atoms with Gasteiger partial charge in [-0.15, -0.1) is 0 Å². The molecule has 1 rings (SSSR count). The number of ether oxygens (including phenoxy) is 2. The number of rotatable bonds is 6. The van der Waals surface area contributed by atoms with Crippen molar-refractivity contribution in [2.45, 2.75) is 10.9 Å². The van der Waals surface area contributed by atoms with Gasteiger partial charge in [-0.25, -0.2) is 0 Å². The molecule has 0 radical (unpaired) electrons. The first-order chi connectivity index (χ1) is 10.3. The topological polar surface area (TPSA) is 95.7 Å². The standard InChI is InChI=1S/C13H13BrClNO6/c1-21-12(17)10(13(18)22-2)9(11(14)16(19)20)7-3-5-8(15)6-4-7/h3-6,9-11H,1-2H3/t9-,11-/m0/s1. The van der Waals surface area contributed by atoms with Crippen LogP contribution in [0.4, 0.5) is 0 Å². The molecule has 0 amide bonds. The number of hydrogen-bond donors (Lipinski definition) is 0. The fourth-order valence-electron chi connectivity index (χ4n) is 1.97. The Kier molecular flexibility index (Phi) is 6.76. The molecule has 1 aromatic carbocycles. The molecule has 1 aromatic rings. The van der Waals surface area contributed by atoms with Gasteiger partial charge in [-0.3, -0.25) is 19.7 Å². The average Bonchev–Trinajstić information content (AvgIpc) is 2.51. The van der Waals surface area contributed by atoms with Crippen molar-refractivity contribution >= 4 is 39.5 Å². The molecule has 0 aliphatic rings. The molecule has 0 aliphatic carbocycles. The Morgan fingerprint density at radius 1 is 1.18 bits per heavy atom. The number of methoxy groups -OCH3 is 2. The van der Waals surface area contributed by atoms with Gasteiger partial charge in [-0.05, 0) is 33.6 Å². The average molecular weight is 395 g/mol. The maximum absolute atomic E-state index is 11.9. The van der Waals surface area contributed by atoms with Crippen molar-refractivity contribution in [1.29, 1.82) is 0 Å². The van der Waals surface area contributed by atoms with E-state index in [0.717, 1.165) is 14.2 Å². The van der Waals surface area contributed by atoms with Crippen molar-refractivity contribution in [1.82, 2.24) is 0 Å². The van der Waals surface area contributed by atoms with Crippen LogP contribution in [0.25, 0.3) is 0 Å². The van der Waals surface area contributed by atoms with E-state index in [1.54, 1.807) is 0 Å². The number of carbonyl (C=O) groups is 2. The first-order valence-corrected chi connectivity index (χ1v) is 7.31. The van der Waals surface area contributed by atoms with E-state index in [1.165, 1.54) is 24.3 Å². The Hall–Kier alpha value is -1.67. The summed E-state index contributed by atoms with van der Waals surface area (Å²) < 4.78 is 9.16. The van der Waals surface area contributed by atoms with Gasteiger partial charge in [0.25, 0.3) is 4.95 Å². The van der Waals surface area contributed by atoms with Crippen LogP contribution in [0.15, 0.2) is 24.3 Å². The fourth-order valence-corrected chi connectivity index (χ4v) is 2.71. The minimum atomic E-state index is -1.48. The van der Waals surface area contributed by atoms with Crippen LogP contribution in [0.5, 0.6) is 0 Å². The highest BCUT2D eigenvalue weighted by Gasteiger charge is 2.46. The monoisotopic (exact) mass is 393 g/mol. The lowest BCUT2D eigenvalue weighted by Gasteiger charge is -2.23. The lowest BCUT2D eigenvalue weighted by molar-refractivity contribution is -0.497. The van der Waals surface area contributed by atoms with Crippen molar-refractivity contribution < 1.29 is 24.0 Å². The van der Waals surface area contributed by atoms with Gasteiger partial charge in [-0.2, -0.15) is 0 Å². The van der Waals surface area contributed by atoms with E-state index < -0.39 is 33.6 Å². The molecule has 0 saturated carbocycles. The molecule has 0 unspecified atom stereocenters. The van der Waals surface area contributed by atoms with E-state index in [-0.39, 0.29) is 0 Å². The number of halogens is 2. The summed E-state index contributed by atoms with van der Waals surface area (Å²) in [5, 5.41) is 11.6. The fraction of sp³-hybridized carbons (Fsp3) is 0.385. The van der Waals surface area contributed by atoms with Crippen LogP contribution < -0.4 is 0 Å². The summed E-state index contributed by atoms with van der Waals surface area (Å²) in [7, 11) is 2.18. The summed E-state index contributed by atoms with van der Waals surface area (Å²) in [6.45, 7) is 0. The molecule has 0 bridgehead atoms. The van der Waals surface area contributed by atoms with E-state index in [1.807, 2.05) is 0 Å². The van der Waals surface area contributed by atoms with Crippen LogP contribution >= 0.6 is 27.5 Å². The Balaban J connectivity index is 3.39. The van der Waals surface area contributed by atoms with Gasteiger partial charge in [0.05, 0.1) is 20.1 Å². The Morgan fingerprint density at radius 2 is 1.64 bits per heavy atom. The maximum atomic E-state index is 11.9. The summed E-state index contributed by atoms with van der Waals surface area (Å²) in [4.78, 5) is 33.0. The van der Waals surface area contributed by atoms with Crippen LogP contribution in [0, 0.1) is 16.0 Å². The molecular weight excluding hydrogens is 382 g/mol. The van der Waals surface area contributed by atoms with Crippen LogP contribution in [-0.2, 0) is 19.1 Å². The smallest absolute Gasteiger partial charge is 0.321 e. The van der Waals surface area contributed by atoms with Gasteiger partial charge in [0.1, 0.15) is 0 Å². The molecule has 0 saturated heterocycles. The molecule has 0 heterocycles. The molecule has 2 atom stereocenters. The van der Waals surface area contributed by atoms with E-state index in [4.69, 9.17) is 11.6 Å². The summed E-state index contributed by atoms with van der Waals surface area (Å²) in [5.74, 6) is -4.44. The van der Waals surface area contributed by atoms with E-state index >= 15 is 0 Å². The van der Waals surface area contributed by atoms with Gasteiger partial charge >= 0.3 is 11.9 Å². The summed E-state index contributed by atoms with van der Waals surface area (Å²) in [5.41, 5.74) is 0.378. The number of carbonyl (C=O) groups excluding carboxylic acids is 2. The van der Waals surface area contributed by atoms with Crippen LogP contribution in [0.1, 0.15) is 11.5 Å². The zero-order chi connectivity index (χ0) is 16.9. The van der Waals surface area contributed by atoms with Crippen molar-refractivity contribution in [3.8, 4) is 0 Å². The minimum Gasteiger partial charge on any atom is -0.468 e. The second-order valence-electron chi connectivity index (χ2n) is 4.26. The first-order valence-electron chi connectivity index (χ1n) is 6.02. The number of alkyl halides is 1. The highest BCUT2D eigenvalue weighted by atomic mass is 79.9. The SMILES string of the molecule is COC(=O)C(C(=O)OC)[C@H](c1ccc(Cl)cc1)[C@@H](Br)[N+](=O)[O-]. The molecule has 0 spiro atoms. The number of benzene rings is 1. The third kappa shape index (κ3) is 4.17. The normalized spacial score (nSPS) is 13.3. The van der Waals surface area contributed by atoms with Crippen molar-refractivity contribution in [2.75, 3.05) is 14.2 Å². The molecular formula is C13H13BrClNO6. The molecule has 9 heteroatoms. The van der Waals surface area contributed by atoms with Gasteiger partial charge < -0.3 is 9.47 Å². The molecule has 7 nitrogen and oxygen atoms in total. The van der Waals surface area contributed by atoms with Gasteiger partial charge in [0.15, 0.2) is 5.92 Å². The predicted molar refractivity (Wildman–Crippen MR) is 81.4 cm³/mol. The Labute approximate surface area is 139 Å². The summed E-state index contributed by atoms with van der Waals surface area (Å²) in [6.07, 6.45) is 0. The van der Waals surface area contributed by atoms with Crippen molar-refractivity contribution in [3.05, 3.63) is 45.0 Å². The Bertz CT molecular complexity index is 548. The quantitative estimate of drug-likeness (QED) is 0.184. The Morgan fingerprint density at radius 3 is 2.00 bits per heavy atom. The van der Waals surface area contributed by atoms with E-state index in [2.05, 4.69) is 25.4 Å². The zero-order valence-electron chi connectivity index (χ0n) is 11.7. The van der Waals surface area contributed by atoms with E-state index in [0.29, 0.717) is 10.6 Å². The number of nitrogens with zero attached hydrogens (tertiary/aromatic N) is 1. The number of nitro groups is 1. The van der Waals surface area contributed by atoms with Gasteiger partial charge in [0, 0.05) is 9.95 Å². The number of hydrogen-bond acceptors (Lipinski definition) is 6. The van der Waals surface area contributed by atoms with Crippen molar-refractivity contribution in [2.24, 2.45) is 5.92 Å². The van der Waals surface area contributed by atoms with Crippen molar-refractivity contribution in [3.63, 3.8) is 0 Å². The van der Waals surface area contributed by atoms with E-state index in [9.17, 15) is 19.7 Å². The van der Waals surface area contributed by atoms with Crippen LogP contribution in [0.2, 0.25) is 5.02 Å². The zero-order valence-corrected chi connectivity index (χ0v) is 14.0. The first kappa shape index (κ1) is 18.4. The second-order valence-corrected chi connectivity index (χ2v) is 5.63. The third-order valence-corrected chi connectivity index (χ3v) is 4.18. The van der Waals surface area contributed by atoms with Gasteiger partial charge in [-0.1, -0.05) is 23.7 Å². The van der Waals surface area contributed by atoms with Crippen LogP contribution in [-0.4, -0.2) is 36.0 Å². The summed E-state index contributed by atoms with van der Waals surface area (Å²) >= 11 is 8.70. The predicted octanol–water partition coefficient (Wildman–Crippen LogP) is 2.38. The second kappa shape index (κ2) is 8.09. The molecule has 22 heavy (non-hydrogen) atoms. The molecule has 120 valence electrons. The molecule has 0 aromatic heterocycles. The minimum absolute atomic E-state index is 0.378. The largest absolute Gasteiger partial charge is 0.468 e. The molecule has 0 aliphatic heterocycles. The lowest BCUT2D eigenvalue weighted by atomic mass is 9.85. The molecule has 0 N–H and O–H groups in total. The third-order valence-electron chi connectivity index (χ3n) is 3.02. The van der Waals surface area contributed by atoms with Gasteiger partial charge in [0.2, 0.25) is 0 Å². The summed E-state index contributed by atoms with van der Waals surface area (Å²) in [6, 6.07) is 6.03. The maximum Gasteiger partial charge on any atom is 0.321 e. The highest BCUT2D eigenvalue weighted by molar-refractivity contribution is 9.09. The lowest BCUT2D eigenvalue weighted by Crippen LogP contribution is -2.38. The number of esters is 2. The van der Waals surface area contributed by atoms with Crippen LogP contribution in [0.3, 0.4) is 0 Å².